The number of fused-ring (bicyclic) bond motifs is 1. The van der Waals surface area contributed by atoms with Crippen LogP contribution in [0.2, 0.25) is 0 Å². The van der Waals surface area contributed by atoms with Crippen molar-refractivity contribution < 1.29 is 9.53 Å². The van der Waals surface area contributed by atoms with Crippen molar-refractivity contribution in [2.24, 2.45) is 0 Å². The minimum Gasteiger partial charge on any atom is -0.497 e. The number of nitrogens with one attached hydrogen (secondary N) is 1. The second kappa shape index (κ2) is 3.18. The van der Waals surface area contributed by atoms with Crippen LogP contribution in [0.25, 0.3) is 5.57 Å². The van der Waals surface area contributed by atoms with Gasteiger partial charge in [0.15, 0.2) is 0 Å². The van der Waals surface area contributed by atoms with E-state index in [0.717, 1.165) is 17.0 Å². The number of allylic oxidation sites excluding steroid dienone is 1. The molecule has 1 aliphatic rings. The van der Waals surface area contributed by atoms with E-state index in [-0.39, 0.29) is 5.91 Å². The molecule has 1 aliphatic heterocycles. The molecule has 0 bridgehead atoms. The molecule has 0 atom stereocenters. The van der Waals surface area contributed by atoms with Crippen LogP contribution in [-0.2, 0) is 4.79 Å². The smallest absolute Gasteiger partial charge is 0.256 e. The summed E-state index contributed by atoms with van der Waals surface area (Å²) in [5.41, 5.74) is 2.47. The number of amides is 1. The number of carbonyl (C=O) groups is 1. The zero-order chi connectivity index (χ0) is 10.1. The van der Waals surface area contributed by atoms with Gasteiger partial charge in [-0.3, -0.25) is 4.79 Å². The third-order valence-electron chi connectivity index (χ3n) is 2.30. The number of hydrogen-bond donors (Lipinski definition) is 1. The van der Waals surface area contributed by atoms with E-state index in [1.807, 2.05) is 25.1 Å². The summed E-state index contributed by atoms with van der Waals surface area (Å²) in [7, 11) is 1.61. The van der Waals surface area contributed by atoms with Gasteiger partial charge in [0.2, 0.25) is 0 Å². The Hall–Kier alpha value is -1.77. The summed E-state index contributed by atoms with van der Waals surface area (Å²) in [5.74, 6) is 0.718. The van der Waals surface area contributed by atoms with Gasteiger partial charge in [0.05, 0.1) is 7.11 Å². The molecular weight excluding hydrogens is 178 g/mol. The highest BCUT2D eigenvalue weighted by molar-refractivity contribution is 6.31. The van der Waals surface area contributed by atoms with Crippen LogP contribution in [0.5, 0.6) is 5.75 Å². The second-order valence-electron chi connectivity index (χ2n) is 3.07. The van der Waals surface area contributed by atoms with Gasteiger partial charge in [0, 0.05) is 16.8 Å². The first-order valence-electron chi connectivity index (χ1n) is 4.42. The monoisotopic (exact) mass is 189 g/mol. The summed E-state index contributed by atoms with van der Waals surface area (Å²) >= 11 is 0. The summed E-state index contributed by atoms with van der Waals surface area (Å²) in [5, 5.41) is 2.79. The summed E-state index contributed by atoms with van der Waals surface area (Å²) in [4.78, 5) is 11.4. The number of ether oxygens (including phenoxy) is 1. The van der Waals surface area contributed by atoms with Crippen LogP contribution in [0.3, 0.4) is 0 Å². The third-order valence-corrected chi connectivity index (χ3v) is 2.30. The van der Waals surface area contributed by atoms with Gasteiger partial charge < -0.3 is 10.1 Å². The molecular formula is C11H11NO2. The molecule has 14 heavy (non-hydrogen) atoms. The lowest BCUT2D eigenvalue weighted by molar-refractivity contribution is -0.110. The lowest BCUT2D eigenvalue weighted by atomic mass is 10.1. The van der Waals surface area contributed by atoms with Gasteiger partial charge >= 0.3 is 0 Å². The van der Waals surface area contributed by atoms with Crippen LogP contribution < -0.4 is 10.1 Å². The molecule has 0 radical (unpaired) electrons. The van der Waals surface area contributed by atoms with Crippen LogP contribution in [0.1, 0.15) is 12.5 Å². The highest BCUT2D eigenvalue weighted by atomic mass is 16.5. The van der Waals surface area contributed by atoms with E-state index in [0.29, 0.717) is 5.57 Å². The quantitative estimate of drug-likeness (QED) is 0.686. The Morgan fingerprint density at radius 1 is 1.43 bits per heavy atom. The normalized spacial score (nSPS) is 16.7. The molecule has 3 nitrogen and oxygen atoms in total. The lowest BCUT2D eigenvalue weighted by Crippen LogP contribution is -2.03. The molecule has 1 aromatic rings. The van der Waals surface area contributed by atoms with E-state index in [1.54, 1.807) is 13.2 Å². The van der Waals surface area contributed by atoms with Crippen molar-refractivity contribution >= 4 is 17.2 Å². The number of methoxy groups -OCH3 is 1. The zero-order valence-electron chi connectivity index (χ0n) is 8.13. The lowest BCUT2D eigenvalue weighted by Gasteiger charge is -2.02. The van der Waals surface area contributed by atoms with Crippen LogP contribution >= 0.6 is 0 Å². The van der Waals surface area contributed by atoms with Gasteiger partial charge in [-0.1, -0.05) is 6.08 Å². The van der Waals surface area contributed by atoms with Gasteiger partial charge in [-0.25, -0.2) is 0 Å². The Balaban J connectivity index is 2.56. The minimum absolute atomic E-state index is 0.0456. The maximum absolute atomic E-state index is 11.4. The van der Waals surface area contributed by atoms with Crippen molar-refractivity contribution in [1.82, 2.24) is 0 Å². The first-order chi connectivity index (χ1) is 6.76. The predicted octanol–water partition coefficient (Wildman–Crippen LogP) is 2.05. The summed E-state index contributed by atoms with van der Waals surface area (Å²) in [6.45, 7) is 1.85. The predicted molar refractivity (Wildman–Crippen MR) is 55.3 cm³/mol. The molecule has 0 spiro atoms. The van der Waals surface area contributed by atoms with Crippen molar-refractivity contribution in [3.05, 3.63) is 29.8 Å². The van der Waals surface area contributed by atoms with Gasteiger partial charge in [0.25, 0.3) is 5.91 Å². The summed E-state index contributed by atoms with van der Waals surface area (Å²) in [6.07, 6.45) is 1.81. The van der Waals surface area contributed by atoms with Gasteiger partial charge in [0.1, 0.15) is 5.75 Å². The maximum atomic E-state index is 11.4. The standard InChI is InChI=1S/C11H11NO2/c1-3-8-9-6-7(14-2)4-5-10(9)12-11(8)13/h3-6H,1-2H3,(H,12,13)/b8-3-. The molecule has 1 N–H and O–H groups in total. The molecule has 2 rings (SSSR count). The molecule has 0 aliphatic carbocycles. The van der Waals surface area contributed by atoms with Crippen molar-refractivity contribution in [1.29, 1.82) is 0 Å². The van der Waals surface area contributed by atoms with Crippen LogP contribution in [0.15, 0.2) is 24.3 Å². The Morgan fingerprint density at radius 3 is 2.86 bits per heavy atom. The Morgan fingerprint density at radius 2 is 2.21 bits per heavy atom. The van der Waals surface area contributed by atoms with E-state index in [4.69, 9.17) is 4.74 Å². The van der Waals surface area contributed by atoms with Crippen molar-refractivity contribution in [3.63, 3.8) is 0 Å². The van der Waals surface area contributed by atoms with E-state index in [2.05, 4.69) is 5.32 Å². The number of carbonyl (C=O) groups excluding carboxylic acids is 1. The average Bonchev–Trinajstić information content (AvgIpc) is 2.52. The molecule has 0 saturated carbocycles. The largest absolute Gasteiger partial charge is 0.497 e. The highest BCUT2D eigenvalue weighted by Gasteiger charge is 2.23. The highest BCUT2D eigenvalue weighted by Crippen LogP contribution is 2.34. The number of hydrogen-bond acceptors (Lipinski definition) is 2. The van der Waals surface area contributed by atoms with Crippen LogP contribution in [-0.4, -0.2) is 13.0 Å². The van der Waals surface area contributed by atoms with Crippen molar-refractivity contribution in [2.75, 3.05) is 12.4 Å². The van der Waals surface area contributed by atoms with Gasteiger partial charge in [-0.15, -0.1) is 0 Å². The molecule has 0 saturated heterocycles. The third kappa shape index (κ3) is 1.18. The van der Waals surface area contributed by atoms with Crippen LogP contribution in [0.4, 0.5) is 5.69 Å². The van der Waals surface area contributed by atoms with E-state index >= 15 is 0 Å². The number of rotatable bonds is 1. The molecule has 0 unspecified atom stereocenters. The van der Waals surface area contributed by atoms with Crippen molar-refractivity contribution in [3.8, 4) is 5.75 Å². The molecule has 72 valence electrons. The molecule has 3 heteroatoms. The van der Waals surface area contributed by atoms with Gasteiger partial charge in [-0.05, 0) is 25.1 Å². The topological polar surface area (TPSA) is 38.3 Å². The Bertz CT molecular complexity index is 421. The fraction of sp³-hybridized carbons (Fsp3) is 0.182. The summed E-state index contributed by atoms with van der Waals surface area (Å²) in [6, 6.07) is 5.54. The molecule has 1 aromatic carbocycles. The zero-order valence-corrected chi connectivity index (χ0v) is 8.13. The van der Waals surface area contributed by atoms with Crippen LogP contribution in [0, 0.1) is 0 Å². The second-order valence-corrected chi connectivity index (χ2v) is 3.07. The first-order valence-corrected chi connectivity index (χ1v) is 4.42. The van der Waals surface area contributed by atoms with E-state index in [9.17, 15) is 4.79 Å². The Labute approximate surface area is 82.4 Å². The fourth-order valence-corrected chi connectivity index (χ4v) is 1.58. The van der Waals surface area contributed by atoms with E-state index in [1.165, 1.54) is 0 Å². The van der Waals surface area contributed by atoms with Gasteiger partial charge in [-0.2, -0.15) is 0 Å². The number of benzene rings is 1. The molecule has 0 fully saturated rings. The maximum Gasteiger partial charge on any atom is 0.256 e. The van der Waals surface area contributed by atoms with E-state index < -0.39 is 0 Å². The fourth-order valence-electron chi connectivity index (χ4n) is 1.58. The first kappa shape index (κ1) is 8.81. The van der Waals surface area contributed by atoms with Crippen molar-refractivity contribution in [2.45, 2.75) is 6.92 Å². The SMILES string of the molecule is C/C=C1\C(=O)Nc2ccc(OC)cc21. The molecule has 1 amide bonds. The Kier molecular flexibility index (Phi) is 2.00. The summed E-state index contributed by atoms with van der Waals surface area (Å²) < 4.78 is 5.10. The molecule has 0 aromatic heterocycles. The number of anilines is 1. The average molecular weight is 189 g/mol. The minimum atomic E-state index is -0.0456. The molecule has 1 heterocycles.